The molecule has 5 aromatic carbocycles. The quantitative estimate of drug-likeness (QED) is 0.216. The van der Waals surface area contributed by atoms with Crippen LogP contribution in [0.1, 0.15) is 17.9 Å². The third-order valence-electron chi connectivity index (χ3n) is 8.00. The summed E-state index contributed by atoms with van der Waals surface area (Å²) in [4.78, 5) is 15.2. The molecule has 0 spiro atoms. The molecule has 1 aliphatic rings. The lowest BCUT2D eigenvalue weighted by Crippen LogP contribution is -2.54. The van der Waals surface area contributed by atoms with E-state index in [2.05, 4.69) is 46.4 Å². The number of hydrogen-bond donors (Lipinski definition) is 2. The van der Waals surface area contributed by atoms with Gasteiger partial charge in [0.15, 0.2) is 0 Å². The van der Waals surface area contributed by atoms with Gasteiger partial charge in [-0.15, -0.1) is 0 Å². The van der Waals surface area contributed by atoms with Crippen molar-refractivity contribution < 1.29 is 17.9 Å². The first-order valence-electron chi connectivity index (χ1n) is 14.3. The van der Waals surface area contributed by atoms with E-state index in [0.29, 0.717) is 24.4 Å². The van der Waals surface area contributed by atoms with Crippen LogP contribution in [0.3, 0.4) is 0 Å². The molecule has 0 unspecified atom stereocenters. The predicted octanol–water partition coefficient (Wildman–Crippen LogP) is 6.88. The van der Waals surface area contributed by atoms with E-state index in [-0.39, 0.29) is 23.4 Å². The highest BCUT2D eigenvalue weighted by atomic mass is 32.2. The third-order valence-corrected chi connectivity index (χ3v) is 9.49. The van der Waals surface area contributed by atoms with Crippen molar-refractivity contribution in [2.45, 2.75) is 23.3 Å². The Morgan fingerprint density at radius 3 is 2.28 bits per heavy atom. The van der Waals surface area contributed by atoms with Gasteiger partial charge >= 0.3 is 6.03 Å². The summed E-state index contributed by atoms with van der Waals surface area (Å²) >= 11 is 0. The monoisotopic (exact) mass is 591 g/mol. The van der Waals surface area contributed by atoms with Gasteiger partial charge in [0.05, 0.1) is 12.0 Å². The number of nitrogens with zero attached hydrogens (tertiary/aromatic N) is 1. The molecule has 1 aliphatic heterocycles. The second-order valence-corrected chi connectivity index (χ2v) is 12.4. The topological polar surface area (TPSA) is 87.7 Å². The Morgan fingerprint density at radius 2 is 1.51 bits per heavy atom. The van der Waals surface area contributed by atoms with Crippen LogP contribution < -0.4 is 14.8 Å². The van der Waals surface area contributed by atoms with Gasteiger partial charge in [-0.1, -0.05) is 91.0 Å². The van der Waals surface area contributed by atoms with Crippen LogP contribution in [-0.2, 0) is 10.0 Å². The van der Waals surface area contributed by atoms with Gasteiger partial charge in [-0.05, 0) is 58.1 Å². The summed E-state index contributed by atoms with van der Waals surface area (Å²) in [5.74, 6) is 0.511. The van der Waals surface area contributed by atoms with Crippen molar-refractivity contribution in [2.75, 3.05) is 25.5 Å². The van der Waals surface area contributed by atoms with Crippen molar-refractivity contribution >= 4 is 32.5 Å². The number of likely N-dealkylation sites (tertiary alicyclic amines) is 1. The van der Waals surface area contributed by atoms with Crippen LogP contribution in [0, 0.1) is 0 Å². The van der Waals surface area contributed by atoms with Crippen LogP contribution in [0.25, 0.3) is 21.9 Å². The highest BCUT2D eigenvalue weighted by molar-refractivity contribution is 7.89. The fourth-order valence-electron chi connectivity index (χ4n) is 5.71. The van der Waals surface area contributed by atoms with E-state index in [1.165, 1.54) is 0 Å². The van der Waals surface area contributed by atoms with Crippen LogP contribution >= 0.6 is 0 Å². The van der Waals surface area contributed by atoms with E-state index < -0.39 is 16.1 Å². The molecule has 1 saturated heterocycles. The Hall–Kier alpha value is -4.66. The van der Waals surface area contributed by atoms with Crippen LogP contribution in [0.15, 0.2) is 126 Å². The zero-order valence-corrected chi connectivity index (χ0v) is 24.6. The summed E-state index contributed by atoms with van der Waals surface area (Å²) in [6, 6.07) is 37.5. The van der Waals surface area contributed by atoms with Crippen molar-refractivity contribution in [3.05, 3.63) is 127 Å². The summed E-state index contributed by atoms with van der Waals surface area (Å²) in [5, 5.41) is 4.75. The summed E-state index contributed by atoms with van der Waals surface area (Å²) in [6.07, 6.45) is 0.598. The highest BCUT2D eigenvalue weighted by Gasteiger charge is 2.35. The van der Waals surface area contributed by atoms with Gasteiger partial charge in [0.2, 0.25) is 10.0 Å². The average Bonchev–Trinajstić information content (AvgIpc) is 3.05. The fourth-order valence-corrected chi connectivity index (χ4v) is 7.02. The number of methoxy groups -OCH3 is 1. The second kappa shape index (κ2) is 12.3. The number of hydrogen-bond acceptors (Lipinski definition) is 4. The van der Waals surface area contributed by atoms with Gasteiger partial charge in [-0.2, -0.15) is 0 Å². The van der Waals surface area contributed by atoms with Gasteiger partial charge < -0.3 is 15.0 Å². The number of benzene rings is 5. The van der Waals surface area contributed by atoms with Crippen molar-refractivity contribution in [1.82, 2.24) is 9.62 Å². The van der Waals surface area contributed by atoms with Gasteiger partial charge in [0, 0.05) is 36.8 Å². The number of ether oxygens (including phenoxy) is 1. The van der Waals surface area contributed by atoms with Crippen LogP contribution in [0.5, 0.6) is 5.75 Å². The minimum Gasteiger partial charge on any atom is -0.497 e. The molecule has 0 aromatic heterocycles. The molecule has 2 N–H and O–H groups in total. The van der Waals surface area contributed by atoms with E-state index in [4.69, 9.17) is 4.74 Å². The summed E-state index contributed by atoms with van der Waals surface area (Å²) in [6.45, 7) is 0.697. The molecule has 0 bridgehead atoms. The number of anilines is 1. The summed E-state index contributed by atoms with van der Waals surface area (Å²) in [5.41, 5.74) is 3.84. The first-order valence-corrected chi connectivity index (χ1v) is 15.7. The summed E-state index contributed by atoms with van der Waals surface area (Å²) < 4.78 is 35.8. The van der Waals surface area contributed by atoms with Gasteiger partial charge in [-0.3, -0.25) is 0 Å². The second-order valence-electron chi connectivity index (χ2n) is 10.7. The summed E-state index contributed by atoms with van der Waals surface area (Å²) in [7, 11) is -2.31. The number of sulfonamides is 1. The third kappa shape index (κ3) is 6.40. The number of piperidine rings is 1. The molecule has 43 heavy (non-hydrogen) atoms. The minimum absolute atomic E-state index is 0.124. The maximum Gasteiger partial charge on any atom is 0.321 e. The van der Waals surface area contributed by atoms with E-state index >= 15 is 0 Å². The van der Waals surface area contributed by atoms with E-state index in [0.717, 1.165) is 27.5 Å². The van der Waals surface area contributed by atoms with Crippen molar-refractivity contribution in [1.29, 1.82) is 0 Å². The number of nitrogens with one attached hydrogen (secondary N) is 2. The molecule has 0 radical (unpaired) electrons. The highest BCUT2D eigenvalue weighted by Crippen LogP contribution is 2.32. The lowest BCUT2D eigenvalue weighted by Gasteiger charge is -2.39. The number of urea groups is 1. The molecular formula is C35H33N3O4S. The van der Waals surface area contributed by atoms with Crippen LogP contribution in [0.4, 0.5) is 10.5 Å². The molecule has 7 nitrogen and oxygen atoms in total. The van der Waals surface area contributed by atoms with Crippen molar-refractivity contribution in [3.63, 3.8) is 0 Å². The maximum atomic E-state index is 13.8. The smallest absolute Gasteiger partial charge is 0.321 e. The first kappa shape index (κ1) is 28.5. The number of carbonyl (C=O) groups excluding carboxylic acids is 1. The zero-order valence-electron chi connectivity index (χ0n) is 23.8. The molecular weight excluding hydrogens is 558 g/mol. The van der Waals surface area contributed by atoms with Gasteiger partial charge in [-0.25, -0.2) is 17.9 Å². The van der Waals surface area contributed by atoms with Crippen LogP contribution in [-0.4, -0.2) is 45.6 Å². The fraction of sp³-hybridized carbons (Fsp3) is 0.171. The number of carbonyl (C=O) groups is 1. The zero-order chi connectivity index (χ0) is 29.8. The Kier molecular flexibility index (Phi) is 8.13. The molecule has 1 fully saturated rings. The minimum atomic E-state index is -3.89. The molecule has 8 heteroatoms. The molecule has 0 aliphatic carbocycles. The van der Waals surface area contributed by atoms with Gasteiger partial charge in [0.1, 0.15) is 5.75 Å². The van der Waals surface area contributed by atoms with E-state index in [9.17, 15) is 13.2 Å². The maximum absolute atomic E-state index is 13.8. The number of rotatable bonds is 7. The number of fused-ring (bicyclic) bond motifs is 1. The molecule has 5 aromatic rings. The Morgan fingerprint density at radius 1 is 0.791 bits per heavy atom. The normalized spacial score (nSPS) is 17.0. The van der Waals surface area contributed by atoms with E-state index in [1.54, 1.807) is 42.3 Å². The molecule has 1 heterocycles. The van der Waals surface area contributed by atoms with Gasteiger partial charge in [0.25, 0.3) is 0 Å². The van der Waals surface area contributed by atoms with E-state index in [1.807, 2.05) is 54.6 Å². The largest absolute Gasteiger partial charge is 0.497 e. The average molecular weight is 592 g/mol. The van der Waals surface area contributed by atoms with Crippen molar-refractivity contribution in [2.24, 2.45) is 0 Å². The molecule has 0 saturated carbocycles. The SMILES string of the molecule is COc1cccc(NC(=O)N2CC[C@H](c3ccc(-c4ccccc4)cc3)[C@@H](NS(=O)(=O)c3ccc4ccccc4c3)C2)c1. The molecule has 218 valence electrons. The lowest BCUT2D eigenvalue weighted by molar-refractivity contribution is 0.181. The number of amides is 2. The molecule has 6 rings (SSSR count). The molecule has 2 atom stereocenters. The Bertz CT molecular complexity index is 1840. The lowest BCUT2D eigenvalue weighted by atomic mass is 9.85. The molecule has 2 amide bonds. The first-order chi connectivity index (χ1) is 20.9. The van der Waals surface area contributed by atoms with Crippen LogP contribution in [0.2, 0.25) is 0 Å². The standard InChI is InChI=1S/C35H33N3O4S/c1-42-31-13-7-12-30(23-31)36-35(39)38-21-20-33(28-16-14-27(15-17-28)25-8-3-2-4-9-25)34(24-38)37-43(40,41)32-19-18-26-10-5-6-11-29(26)22-32/h2-19,22-23,33-34,37H,20-21,24H2,1H3,(H,36,39)/t33-,34+/m1/s1. The predicted molar refractivity (Wildman–Crippen MR) is 171 cm³/mol. The Balaban J connectivity index is 1.27. The Labute approximate surface area is 252 Å². The van der Waals surface area contributed by atoms with Crippen molar-refractivity contribution in [3.8, 4) is 16.9 Å².